The van der Waals surface area contributed by atoms with Crippen molar-refractivity contribution in [3.63, 3.8) is 0 Å². The molecule has 6 heteroatoms. The number of aliphatic hydroxyl groups excluding tert-OH is 1. The van der Waals surface area contributed by atoms with Gasteiger partial charge in [-0.2, -0.15) is 0 Å². The van der Waals surface area contributed by atoms with Crippen LogP contribution >= 0.6 is 11.8 Å². The molecule has 124 valence electrons. The Labute approximate surface area is 144 Å². The summed E-state index contributed by atoms with van der Waals surface area (Å²) in [5, 5.41) is 13.6. The van der Waals surface area contributed by atoms with E-state index < -0.39 is 6.10 Å². The Bertz CT molecular complexity index is 814. The van der Waals surface area contributed by atoms with E-state index in [2.05, 4.69) is 15.3 Å². The predicted molar refractivity (Wildman–Crippen MR) is 96.0 cm³/mol. The van der Waals surface area contributed by atoms with Crippen LogP contribution in [0.2, 0.25) is 0 Å². The molecule has 0 aliphatic heterocycles. The second kappa shape index (κ2) is 7.51. The molecule has 0 aliphatic rings. The number of para-hydroxylation sites is 2. The number of benzene rings is 2. The number of carbonyl (C=O) groups excluding carboxylic acids is 1. The van der Waals surface area contributed by atoms with E-state index in [-0.39, 0.29) is 18.2 Å². The molecule has 2 aromatic carbocycles. The molecule has 0 aliphatic carbocycles. The molecule has 0 spiro atoms. The summed E-state index contributed by atoms with van der Waals surface area (Å²) in [5.74, 6) is 0.118. The molecule has 1 unspecified atom stereocenters. The first-order valence-electron chi connectivity index (χ1n) is 7.71. The first-order valence-corrected chi connectivity index (χ1v) is 8.69. The van der Waals surface area contributed by atoms with Gasteiger partial charge < -0.3 is 15.4 Å². The van der Waals surface area contributed by atoms with Crippen LogP contribution in [0.15, 0.2) is 53.7 Å². The van der Waals surface area contributed by atoms with Crippen LogP contribution in [0.4, 0.5) is 0 Å². The maximum Gasteiger partial charge on any atom is 0.230 e. The summed E-state index contributed by atoms with van der Waals surface area (Å²) < 4.78 is 0. The highest BCUT2D eigenvalue weighted by Gasteiger charge is 2.11. The van der Waals surface area contributed by atoms with Crippen LogP contribution in [0.5, 0.6) is 0 Å². The smallest absolute Gasteiger partial charge is 0.230 e. The zero-order valence-corrected chi connectivity index (χ0v) is 14.1. The van der Waals surface area contributed by atoms with Crippen LogP contribution in [-0.2, 0) is 4.79 Å². The van der Waals surface area contributed by atoms with Crippen molar-refractivity contribution in [2.75, 3.05) is 12.3 Å². The number of aromatic nitrogens is 2. The third kappa shape index (κ3) is 4.15. The van der Waals surface area contributed by atoms with Crippen LogP contribution in [0.25, 0.3) is 11.0 Å². The fourth-order valence-corrected chi connectivity index (χ4v) is 3.10. The van der Waals surface area contributed by atoms with Gasteiger partial charge in [0.1, 0.15) is 0 Å². The van der Waals surface area contributed by atoms with Crippen molar-refractivity contribution in [2.24, 2.45) is 0 Å². The fourth-order valence-electron chi connectivity index (χ4n) is 2.39. The number of rotatable bonds is 6. The van der Waals surface area contributed by atoms with Gasteiger partial charge in [0.15, 0.2) is 5.16 Å². The number of imidazole rings is 1. The molecule has 0 bridgehead atoms. The lowest BCUT2D eigenvalue weighted by molar-refractivity contribution is -0.119. The lowest BCUT2D eigenvalue weighted by Crippen LogP contribution is -2.29. The van der Waals surface area contributed by atoms with E-state index >= 15 is 0 Å². The summed E-state index contributed by atoms with van der Waals surface area (Å²) in [5.41, 5.74) is 3.73. The molecule has 0 saturated carbocycles. The molecule has 0 radical (unpaired) electrons. The van der Waals surface area contributed by atoms with Gasteiger partial charge in [0, 0.05) is 6.54 Å². The topological polar surface area (TPSA) is 78.0 Å². The Morgan fingerprint density at radius 3 is 2.92 bits per heavy atom. The third-order valence-corrected chi connectivity index (χ3v) is 4.50. The van der Waals surface area contributed by atoms with Crippen molar-refractivity contribution < 1.29 is 9.90 Å². The number of hydrogen-bond acceptors (Lipinski definition) is 4. The summed E-state index contributed by atoms with van der Waals surface area (Å²) in [6, 6.07) is 15.4. The molecule has 3 rings (SSSR count). The number of fused-ring (bicyclic) bond motifs is 1. The summed E-state index contributed by atoms with van der Waals surface area (Å²) in [7, 11) is 0. The van der Waals surface area contributed by atoms with Crippen LogP contribution in [0.1, 0.15) is 17.2 Å². The quantitative estimate of drug-likeness (QED) is 0.603. The Hall–Kier alpha value is -2.31. The number of aliphatic hydroxyl groups is 1. The number of carbonyl (C=O) groups is 1. The first-order chi connectivity index (χ1) is 11.6. The number of nitrogens with one attached hydrogen (secondary N) is 2. The zero-order chi connectivity index (χ0) is 16.9. The standard InChI is InChI=1S/C18H19N3O2S/c1-12-5-4-6-13(9-12)16(22)10-19-17(23)11-24-18-20-14-7-2-3-8-15(14)21-18/h2-9,16,22H,10-11H2,1H3,(H,19,23)(H,20,21). The molecule has 3 aromatic rings. The maximum atomic E-state index is 11.9. The molecular weight excluding hydrogens is 322 g/mol. The van der Waals surface area contributed by atoms with Crippen molar-refractivity contribution >= 4 is 28.7 Å². The number of thioether (sulfide) groups is 1. The second-order valence-electron chi connectivity index (χ2n) is 5.58. The van der Waals surface area contributed by atoms with E-state index in [9.17, 15) is 9.90 Å². The predicted octanol–water partition coefficient (Wildman–Crippen LogP) is 2.81. The molecule has 1 heterocycles. The van der Waals surface area contributed by atoms with E-state index in [1.807, 2.05) is 55.5 Å². The average molecular weight is 341 g/mol. The summed E-state index contributed by atoms with van der Waals surface area (Å²) in [6.45, 7) is 2.17. The average Bonchev–Trinajstić information content (AvgIpc) is 3.00. The molecule has 24 heavy (non-hydrogen) atoms. The number of hydrogen-bond donors (Lipinski definition) is 3. The van der Waals surface area contributed by atoms with Gasteiger partial charge in [-0.1, -0.05) is 53.7 Å². The highest BCUT2D eigenvalue weighted by atomic mass is 32.2. The lowest BCUT2D eigenvalue weighted by Gasteiger charge is -2.12. The Kier molecular flexibility index (Phi) is 5.17. The normalized spacial score (nSPS) is 12.2. The highest BCUT2D eigenvalue weighted by molar-refractivity contribution is 7.99. The Balaban J connectivity index is 1.48. The van der Waals surface area contributed by atoms with Gasteiger partial charge in [0.25, 0.3) is 0 Å². The first kappa shape index (κ1) is 16.5. The second-order valence-corrected chi connectivity index (χ2v) is 6.55. The van der Waals surface area contributed by atoms with Crippen LogP contribution in [0, 0.1) is 6.92 Å². The number of amides is 1. The largest absolute Gasteiger partial charge is 0.387 e. The van der Waals surface area contributed by atoms with Gasteiger partial charge in [-0.15, -0.1) is 0 Å². The molecule has 0 fully saturated rings. The number of aryl methyl sites for hydroxylation is 1. The summed E-state index contributed by atoms with van der Waals surface area (Å²) >= 11 is 1.34. The van der Waals surface area contributed by atoms with Gasteiger partial charge in [0.2, 0.25) is 5.91 Å². The zero-order valence-electron chi connectivity index (χ0n) is 13.3. The minimum Gasteiger partial charge on any atom is -0.387 e. The monoisotopic (exact) mass is 341 g/mol. The highest BCUT2D eigenvalue weighted by Crippen LogP contribution is 2.19. The fraction of sp³-hybridized carbons (Fsp3) is 0.222. The van der Waals surface area contributed by atoms with Crippen LogP contribution in [-0.4, -0.2) is 33.3 Å². The lowest BCUT2D eigenvalue weighted by atomic mass is 10.1. The summed E-state index contributed by atoms with van der Waals surface area (Å²) in [4.78, 5) is 19.5. The molecule has 3 N–H and O–H groups in total. The van der Waals surface area contributed by atoms with Gasteiger partial charge in [0.05, 0.1) is 22.9 Å². The van der Waals surface area contributed by atoms with Gasteiger partial charge in [-0.3, -0.25) is 4.79 Å². The number of aromatic amines is 1. The molecule has 1 aromatic heterocycles. The number of nitrogens with zero attached hydrogens (tertiary/aromatic N) is 1. The minimum atomic E-state index is -0.704. The van der Waals surface area contributed by atoms with Crippen molar-refractivity contribution in [3.8, 4) is 0 Å². The van der Waals surface area contributed by atoms with Crippen molar-refractivity contribution in [2.45, 2.75) is 18.2 Å². The van der Waals surface area contributed by atoms with Crippen molar-refractivity contribution in [1.29, 1.82) is 0 Å². The number of H-pyrrole nitrogens is 1. The molecular formula is C18H19N3O2S. The minimum absolute atomic E-state index is 0.132. The molecule has 1 amide bonds. The van der Waals surface area contributed by atoms with Crippen LogP contribution in [0.3, 0.4) is 0 Å². The maximum absolute atomic E-state index is 11.9. The van der Waals surface area contributed by atoms with Crippen molar-refractivity contribution in [3.05, 3.63) is 59.7 Å². The van der Waals surface area contributed by atoms with Gasteiger partial charge in [-0.25, -0.2) is 4.98 Å². The Morgan fingerprint density at radius 2 is 2.12 bits per heavy atom. The Morgan fingerprint density at radius 1 is 1.29 bits per heavy atom. The van der Waals surface area contributed by atoms with E-state index in [1.165, 1.54) is 11.8 Å². The molecule has 0 saturated heterocycles. The van der Waals surface area contributed by atoms with Crippen molar-refractivity contribution in [1.82, 2.24) is 15.3 Å². The van der Waals surface area contributed by atoms with E-state index in [0.717, 1.165) is 22.2 Å². The van der Waals surface area contributed by atoms with Crippen LogP contribution < -0.4 is 5.32 Å². The summed E-state index contributed by atoms with van der Waals surface area (Å²) in [6.07, 6.45) is -0.704. The van der Waals surface area contributed by atoms with Gasteiger partial charge in [-0.05, 0) is 24.6 Å². The third-order valence-electron chi connectivity index (χ3n) is 3.63. The van der Waals surface area contributed by atoms with Gasteiger partial charge >= 0.3 is 0 Å². The molecule has 1 atom stereocenters. The van der Waals surface area contributed by atoms with E-state index in [4.69, 9.17) is 0 Å². The van der Waals surface area contributed by atoms with E-state index in [1.54, 1.807) is 0 Å². The SMILES string of the molecule is Cc1cccc(C(O)CNC(=O)CSc2nc3ccccc3[nH]2)c1. The van der Waals surface area contributed by atoms with E-state index in [0.29, 0.717) is 5.16 Å². The molecule has 5 nitrogen and oxygen atoms in total.